The monoisotopic (exact) mass is 345 g/mol. The molecule has 24 heavy (non-hydrogen) atoms. The highest BCUT2D eigenvalue weighted by Gasteiger charge is 2.28. The summed E-state index contributed by atoms with van der Waals surface area (Å²) >= 11 is 1.65. The molecule has 128 valence electrons. The third-order valence-electron chi connectivity index (χ3n) is 4.92. The van der Waals surface area contributed by atoms with E-state index in [0.29, 0.717) is 6.04 Å². The van der Waals surface area contributed by atoms with Gasteiger partial charge < -0.3 is 15.1 Å². The minimum Gasteiger partial charge on any atom is -0.367 e. The number of aryl methyl sites for hydroxylation is 1. The number of hydrogen-bond acceptors (Lipinski definition) is 5. The molecule has 7 heteroatoms. The zero-order valence-corrected chi connectivity index (χ0v) is 14.8. The molecule has 2 aliphatic rings. The molecule has 0 aliphatic carbocycles. The van der Waals surface area contributed by atoms with Crippen molar-refractivity contribution in [3.05, 3.63) is 17.3 Å². The van der Waals surface area contributed by atoms with Gasteiger partial charge in [0.25, 0.3) is 0 Å². The van der Waals surface area contributed by atoms with Crippen LogP contribution in [0.4, 0.5) is 10.6 Å². The van der Waals surface area contributed by atoms with Gasteiger partial charge in [0.05, 0.1) is 5.39 Å². The lowest BCUT2D eigenvalue weighted by Crippen LogP contribution is -2.47. The lowest BCUT2D eigenvalue weighted by atomic mass is 10.1. The van der Waals surface area contributed by atoms with Crippen LogP contribution in [0.3, 0.4) is 0 Å². The predicted octanol–water partition coefficient (Wildman–Crippen LogP) is 3.09. The van der Waals surface area contributed by atoms with E-state index in [9.17, 15) is 4.79 Å². The van der Waals surface area contributed by atoms with Crippen molar-refractivity contribution in [3.8, 4) is 0 Å². The van der Waals surface area contributed by atoms with Gasteiger partial charge in [-0.05, 0) is 44.1 Å². The van der Waals surface area contributed by atoms with Crippen LogP contribution in [0.5, 0.6) is 0 Å². The van der Waals surface area contributed by atoms with Crippen LogP contribution in [-0.4, -0.2) is 58.0 Å². The van der Waals surface area contributed by atoms with Gasteiger partial charge in [-0.3, -0.25) is 0 Å². The van der Waals surface area contributed by atoms with Gasteiger partial charge in [0.2, 0.25) is 0 Å². The summed E-state index contributed by atoms with van der Waals surface area (Å²) in [5.41, 5.74) is 0. The fourth-order valence-corrected chi connectivity index (χ4v) is 4.40. The van der Waals surface area contributed by atoms with E-state index in [-0.39, 0.29) is 6.03 Å². The number of thiophene rings is 1. The Kier molecular flexibility index (Phi) is 4.26. The molecule has 4 heterocycles. The smallest absolute Gasteiger partial charge is 0.319 e. The van der Waals surface area contributed by atoms with Crippen molar-refractivity contribution in [2.45, 2.75) is 38.6 Å². The van der Waals surface area contributed by atoms with Crippen LogP contribution < -0.4 is 5.32 Å². The largest absolute Gasteiger partial charge is 0.367 e. The molecule has 0 unspecified atom stereocenters. The van der Waals surface area contributed by atoms with Gasteiger partial charge >= 0.3 is 6.03 Å². The number of nitrogens with zero attached hydrogens (tertiary/aromatic N) is 4. The fraction of sp³-hybridized carbons (Fsp3) is 0.588. The summed E-state index contributed by atoms with van der Waals surface area (Å²) in [5, 5.41) is 6.74. The molecule has 0 radical (unpaired) electrons. The van der Waals surface area contributed by atoms with Crippen LogP contribution in [0.15, 0.2) is 11.4 Å². The quantitative estimate of drug-likeness (QED) is 0.908. The zero-order valence-electron chi connectivity index (χ0n) is 14.0. The molecule has 0 atom stereocenters. The maximum Gasteiger partial charge on any atom is 0.319 e. The summed E-state index contributed by atoms with van der Waals surface area (Å²) < 4.78 is 0. The molecule has 4 rings (SSSR count). The highest BCUT2D eigenvalue weighted by Crippen LogP contribution is 2.27. The summed E-state index contributed by atoms with van der Waals surface area (Å²) in [4.78, 5) is 26.6. The second-order valence-electron chi connectivity index (χ2n) is 6.64. The first kappa shape index (κ1) is 15.6. The molecular weight excluding hydrogens is 322 g/mol. The number of aromatic nitrogens is 2. The highest BCUT2D eigenvalue weighted by molar-refractivity contribution is 7.16. The summed E-state index contributed by atoms with van der Waals surface area (Å²) in [6, 6.07) is 2.67. The van der Waals surface area contributed by atoms with E-state index in [0.717, 1.165) is 73.7 Å². The Morgan fingerprint density at radius 2 is 1.88 bits per heavy atom. The van der Waals surface area contributed by atoms with Gasteiger partial charge in [-0.15, -0.1) is 11.3 Å². The molecule has 0 aromatic carbocycles. The number of carbonyl (C=O) groups is 1. The molecule has 1 N–H and O–H groups in total. The first-order valence-corrected chi connectivity index (χ1v) is 9.61. The van der Waals surface area contributed by atoms with Crippen LogP contribution in [0.1, 0.15) is 31.5 Å². The molecule has 2 aromatic rings. The van der Waals surface area contributed by atoms with Gasteiger partial charge in [0, 0.05) is 32.2 Å². The highest BCUT2D eigenvalue weighted by atomic mass is 32.1. The van der Waals surface area contributed by atoms with Crippen molar-refractivity contribution in [2.24, 2.45) is 0 Å². The van der Waals surface area contributed by atoms with E-state index in [4.69, 9.17) is 0 Å². The standard InChI is InChI=1S/C17H23N5OS/c1-12-18-15(14-6-11-24-16(14)19-12)20-13-4-9-22(10-5-13)17(23)21-7-2-3-8-21/h6,11,13H,2-5,7-10H2,1H3,(H,18,19,20). The van der Waals surface area contributed by atoms with E-state index >= 15 is 0 Å². The fourth-order valence-electron chi connectivity index (χ4n) is 3.59. The third-order valence-corrected chi connectivity index (χ3v) is 5.73. The van der Waals surface area contributed by atoms with Crippen LogP contribution in [0.2, 0.25) is 0 Å². The van der Waals surface area contributed by atoms with Gasteiger partial charge in [-0.2, -0.15) is 0 Å². The number of fused-ring (bicyclic) bond motifs is 1. The van der Waals surface area contributed by atoms with E-state index < -0.39 is 0 Å². The second kappa shape index (κ2) is 6.55. The number of piperidine rings is 1. The minimum absolute atomic E-state index is 0.226. The predicted molar refractivity (Wildman–Crippen MR) is 96.6 cm³/mol. The molecule has 2 aromatic heterocycles. The Morgan fingerprint density at radius 1 is 1.17 bits per heavy atom. The van der Waals surface area contributed by atoms with Gasteiger partial charge in [0.1, 0.15) is 16.5 Å². The number of carbonyl (C=O) groups excluding carboxylic acids is 1. The van der Waals surface area contributed by atoms with E-state index in [1.165, 1.54) is 0 Å². The molecule has 0 saturated carbocycles. The first-order chi connectivity index (χ1) is 11.7. The lowest BCUT2D eigenvalue weighted by Gasteiger charge is -2.35. The van der Waals surface area contributed by atoms with Crippen LogP contribution in [-0.2, 0) is 0 Å². The third kappa shape index (κ3) is 3.05. The van der Waals surface area contributed by atoms with Crippen molar-refractivity contribution in [3.63, 3.8) is 0 Å². The number of amides is 2. The molecule has 2 saturated heterocycles. The van der Waals surface area contributed by atoms with Crippen LogP contribution in [0, 0.1) is 6.92 Å². The number of likely N-dealkylation sites (tertiary alicyclic amines) is 2. The maximum absolute atomic E-state index is 12.5. The van der Waals surface area contributed by atoms with E-state index in [1.54, 1.807) is 11.3 Å². The summed E-state index contributed by atoms with van der Waals surface area (Å²) in [6.45, 7) is 5.43. The minimum atomic E-state index is 0.226. The van der Waals surface area contributed by atoms with E-state index in [2.05, 4.69) is 26.7 Å². The normalized spacial score (nSPS) is 19.2. The summed E-state index contributed by atoms with van der Waals surface area (Å²) in [6.07, 6.45) is 4.23. The zero-order chi connectivity index (χ0) is 16.5. The number of rotatable bonds is 2. The van der Waals surface area contributed by atoms with Gasteiger partial charge in [-0.1, -0.05) is 0 Å². The summed E-state index contributed by atoms with van der Waals surface area (Å²) in [7, 11) is 0. The number of anilines is 1. The van der Waals surface area contributed by atoms with Crippen molar-refractivity contribution in [1.29, 1.82) is 0 Å². The van der Waals surface area contributed by atoms with Gasteiger partial charge in [-0.25, -0.2) is 14.8 Å². The molecule has 0 bridgehead atoms. The Morgan fingerprint density at radius 3 is 2.62 bits per heavy atom. The Labute approximate surface area is 145 Å². The number of hydrogen-bond donors (Lipinski definition) is 1. The van der Waals surface area contributed by atoms with Crippen molar-refractivity contribution in [2.75, 3.05) is 31.5 Å². The Balaban J connectivity index is 1.39. The van der Waals surface area contributed by atoms with Crippen LogP contribution >= 0.6 is 11.3 Å². The number of nitrogens with one attached hydrogen (secondary N) is 1. The molecule has 6 nitrogen and oxygen atoms in total. The molecule has 2 amide bonds. The molecule has 2 fully saturated rings. The molecular formula is C17H23N5OS. The maximum atomic E-state index is 12.5. The van der Waals surface area contributed by atoms with Gasteiger partial charge in [0.15, 0.2) is 0 Å². The lowest BCUT2D eigenvalue weighted by molar-refractivity contribution is 0.150. The average molecular weight is 345 g/mol. The summed E-state index contributed by atoms with van der Waals surface area (Å²) in [5.74, 6) is 1.73. The van der Waals surface area contributed by atoms with Crippen LogP contribution in [0.25, 0.3) is 10.2 Å². The first-order valence-electron chi connectivity index (χ1n) is 8.73. The topological polar surface area (TPSA) is 61.4 Å². The SMILES string of the molecule is Cc1nc(NC2CCN(C(=O)N3CCCC3)CC2)c2ccsc2n1. The Bertz CT molecular complexity index is 732. The van der Waals surface area contributed by atoms with Crippen molar-refractivity contribution >= 4 is 33.4 Å². The van der Waals surface area contributed by atoms with E-state index in [1.807, 2.05) is 16.7 Å². The molecule has 0 spiro atoms. The second-order valence-corrected chi connectivity index (χ2v) is 7.54. The van der Waals surface area contributed by atoms with Crippen molar-refractivity contribution < 1.29 is 4.79 Å². The average Bonchev–Trinajstić information content (AvgIpc) is 3.26. The Hall–Kier alpha value is -1.89. The molecule has 2 aliphatic heterocycles. The van der Waals surface area contributed by atoms with Crippen molar-refractivity contribution in [1.82, 2.24) is 19.8 Å². The number of urea groups is 1.